The number of hydrogen-bond donors (Lipinski definition) is 1. The normalized spacial score (nSPS) is 20.8. The molecule has 1 fully saturated rings. The number of nitrogens with zero attached hydrogens (tertiary/aromatic N) is 2. The van der Waals surface area contributed by atoms with Crippen LogP contribution in [0.4, 0.5) is 0 Å². The quantitative estimate of drug-likeness (QED) is 0.837. The van der Waals surface area contributed by atoms with Gasteiger partial charge in [0, 0.05) is 0 Å². The maximum Gasteiger partial charge on any atom is 0.256 e. The van der Waals surface area contributed by atoms with E-state index < -0.39 is 0 Å². The minimum Gasteiger partial charge on any atom is -0.345 e. The van der Waals surface area contributed by atoms with Gasteiger partial charge in [-0.3, -0.25) is 4.79 Å². The number of nitrogens with one attached hydrogen (secondary N) is 1. The lowest BCUT2D eigenvalue weighted by molar-refractivity contribution is 0.0935. The highest BCUT2D eigenvalue weighted by Gasteiger charge is 2.26. The summed E-state index contributed by atoms with van der Waals surface area (Å²) in [4.78, 5) is 12.6. The molecule has 0 aliphatic heterocycles. The first kappa shape index (κ1) is 16.8. The number of para-hydroxylation sites is 1. The zero-order chi connectivity index (χ0) is 17.1. The van der Waals surface area contributed by atoms with E-state index in [4.69, 9.17) is 11.6 Å². The summed E-state index contributed by atoms with van der Waals surface area (Å²) >= 11 is 6.37. The topological polar surface area (TPSA) is 46.9 Å². The van der Waals surface area contributed by atoms with Crippen LogP contribution < -0.4 is 5.32 Å². The Bertz CT molecular complexity index is 738. The van der Waals surface area contributed by atoms with Crippen molar-refractivity contribution < 1.29 is 4.79 Å². The largest absolute Gasteiger partial charge is 0.345 e. The molecule has 24 heavy (non-hydrogen) atoms. The monoisotopic (exact) mass is 343 g/mol. The van der Waals surface area contributed by atoms with Crippen LogP contribution in [-0.4, -0.2) is 21.7 Å². The fraction of sp³-hybridized carbons (Fsp3) is 0.368. The van der Waals surface area contributed by atoms with Crippen molar-refractivity contribution >= 4 is 17.5 Å². The predicted molar refractivity (Wildman–Crippen MR) is 96.6 cm³/mol. The molecule has 1 aromatic heterocycles. The van der Waals surface area contributed by atoms with Gasteiger partial charge in [0.25, 0.3) is 5.91 Å². The summed E-state index contributed by atoms with van der Waals surface area (Å²) in [5.41, 5.74) is 2.33. The van der Waals surface area contributed by atoms with Gasteiger partial charge in [0.05, 0.1) is 23.5 Å². The lowest BCUT2D eigenvalue weighted by atomic mass is 9.81. The molecule has 126 valence electrons. The number of carbonyl (C=O) groups is 1. The molecule has 0 bridgehead atoms. The van der Waals surface area contributed by atoms with Gasteiger partial charge in [-0.15, -0.1) is 0 Å². The average Bonchev–Trinajstić information content (AvgIpc) is 2.99. The first-order valence-corrected chi connectivity index (χ1v) is 8.75. The van der Waals surface area contributed by atoms with Crippen LogP contribution >= 0.6 is 11.6 Å². The lowest BCUT2D eigenvalue weighted by Crippen LogP contribution is -2.39. The average molecular weight is 344 g/mol. The highest BCUT2D eigenvalue weighted by molar-refractivity contribution is 6.33. The zero-order valence-electron chi connectivity index (χ0n) is 13.8. The second-order valence-electron chi connectivity index (χ2n) is 6.34. The minimum absolute atomic E-state index is 0.0245. The van der Waals surface area contributed by atoms with Gasteiger partial charge in [0.1, 0.15) is 5.15 Å². The molecule has 2 aromatic rings. The first-order chi connectivity index (χ1) is 11.6. The van der Waals surface area contributed by atoms with E-state index in [1.165, 1.54) is 6.20 Å². The Labute approximate surface area is 147 Å². The molecule has 1 amide bonds. The van der Waals surface area contributed by atoms with E-state index in [0.29, 0.717) is 16.6 Å². The number of benzene rings is 1. The van der Waals surface area contributed by atoms with Crippen molar-refractivity contribution in [1.29, 1.82) is 0 Å². The Hall–Kier alpha value is -2.07. The van der Waals surface area contributed by atoms with E-state index in [1.807, 2.05) is 30.3 Å². The van der Waals surface area contributed by atoms with Gasteiger partial charge in [0.15, 0.2) is 0 Å². The number of amides is 1. The molecule has 0 spiro atoms. The van der Waals surface area contributed by atoms with Crippen LogP contribution in [-0.2, 0) is 0 Å². The van der Waals surface area contributed by atoms with E-state index in [2.05, 4.69) is 23.9 Å². The molecule has 1 aromatic carbocycles. The highest BCUT2D eigenvalue weighted by Crippen LogP contribution is 2.30. The summed E-state index contributed by atoms with van der Waals surface area (Å²) in [5.74, 6) is 0.498. The second-order valence-corrected chi connectivity index (χ2v) is 6.69. The molecular weight excluding hydrogens is 322 g/mol. The maximum absolute atomic E-state index is 12.6. The van der Waals surface area contributed by atoms with Crippen molar-refractivity contribution in [2.45, 2.75) is 38.6 Å². The summed E-state index contributed by atoms with van der Waals surface area (Å²) in [6, 6.07) is 9.55. The van der Waals surface area contributed by atoms with Crippen LogP contribution in [0.1, 0.15) is 43.0 Å². The maximum atomic E-state index is 12.6. The number of rotatable bonds is 4. The Morgan fingerprint density at radius 2 is 2.12 bits per heavy atom. The molecular formula is C19H22ClN3O. The standard InChI is InChI=1S/C19H22ClN3O/c1-3-14-9-10-17(13(2)11-14)22-19(24)16-12-21-23(18(16)20)15-7-5-4-6-8-15/h4-8,12,14,17H,2-3,9-11H2,1H3,(H,22,24). The third-order valence-corrected chi connectivity index (χ3v) is 5.11. The van der Waals surface area contributed by atoms with Gasteiger partial charge in [0.2, 0.25) is 0 Å². The summed E-state index contributed by atoms with van der Waals surface area (Å²) in [5, 5.41) is 7.63. The van der Waals surface area contributed by atoms with Crippen molar-refractivity contribution in [3.8, 4) is 5.69 Å². The van der Waals surface area contributed by atoms with Crippen LogP contribution in [0.5, 0.6) is 0 Å². The van der Waals surface area contributed by atoms with E-state index >= 15 is 0 Å². The van der Waals surface area contributed by atoms with Gasteiger partial charge >= 0.3 is 0 Å². The fourth-order valence-electron chi connectivity index (χ4n) is 3.22. The van der Waals surface area contributed by atoms with Crippen LogP contribution in [0.3, 0.4) is 0 Å². The summed E-state index contributed by atoms with van der Waals surface area (Å²) in [6.45, 7) is 6.35. The smallest absolute Gasteiger partial charge is 0.256 e. The molecule has 1 aliphatic carbocycles. The number of hydrogen-bond acceptors (Lipinski definition) is 2. The van der Waals surface area contributed by atoms with Crippen molar-refractivity contribution in [1.82, 2.24) is 15.1 Å². The second kappa shape index (κ2) is 7.22. The summed E-state index contributed by atoms with van der Waals surface area (Å²) in [6.07, 6.45) is 5.73. The Morgan fingerprint density at radius 3 is 2.79 bits per heavy atom. The Balaban J connectivity index is 1.72. The molecule has 1 aliphatic rings. The van der Waals surface area contributed by atoms with Gasteiger partial charge in [-0.1, -0.05) is 55.3 Å². The van der Waals surface area contributed by atoms with E-state index in [-0.39, 0.29) is 11.9 Å². The number of aromatic nitrogens is 2. The van der Waals surface area contributed by atoms with E-state index in [9.17, 15) is 4.79 Å². The molecule has 0 radical (unpaired) electrons. The molecule has 0 saturated heterocycles. The molecule has 1 N–H and O–H groups in total. The van der Waals surface area contributed by atoms with Gasteiger partial charge < -0.3 is 5.32 Å². The Kier molecular flexibility index (Phi) is 5.05. The van der Waals surface area contributed by atoms with Crippen molar-refractivity contribution in [2.75, 3.05) is 0 Å². The van der Waals surface area contributed by atoms with Crippen LogP contribution in [0.15, 0.2) is 48.7 Å². The molecule has 1 heterocycles. The zero-order valence-corrected chi connectivity index (χ0v) is 14.6. The number of halogens is 1. The number of carbonyl (C=O) groups excluding carboxylic acids is 1. The lowest BCUT2D eigenvalue weighted by Gasteiger charge is -2.30. The summed E-state index contributed by atoms with van der Waals surface area (Å²) in [7, 11) is 0. The van der Waals surface area contributed by atoms with Gasteiger partial charge in [-0.25, -0.2) is 4.68 Å². The fourth-order valence-corrected chi connectivity index (χ4v) is 3.49. The molecule has 2 atom stereocenters. The molecule has 5 heteroatoms. The van der Waals surface area contributed by atoms with Crippen molar-refractivity contribution in [2.24, 2.45) is 5.92 Å². The minimum atomic E-state index is -0.191. The van der Waals surface area contributed by atoms with Gasteiger partial charge in [-0.2, -0.15) is 5.10 Å². The van der Waals surface area contributed by atoms with Crippen molar-refractivity contribution in [3.63, 3.8) is 0 Å². The molecule has 4 nitrogen and oxygen atoms in total. The molecule has 2 unspecified atom stereocenters. The van der Waals surface area contributed by atoms with E-state index in [0.717, 1.165) is 36.9 Å². The third kappa shape index (κ3) is 3.39. The highest BCUT2D eigenvalue weighted by atomic mass is 35.5. The SMILES string of the molecule is C=C1CC(CC)CCC1NC(=O)c1cnn(-c2ccccc2)c1Cl. The van der Waals surface area contributed by atoms with Gasteiger partial charge in [-0.05, 0) is 37.3 Å². The van der Waals surface area contributed by atoms with E-state index in [1.54, 1.807) is 4.68 Å². The Morgan fingerprint density at radius 1 is 1.38 bits per heavy atom. The summed E-state index contributed by atoms with van der Waals surface area (Å²) < 4.78 is 1.57. The molecule has 3 rings (SSSR count). The first-order valence-electron chi connectivity index (χ1n) is 8.37. The van der Waals surface area contributed by atoms with Crippen LogP contribution in [0.25, 0.3) is 5.69 Å². The van der Waals surface area contributed by atoms with Crippen molar-refractivity contribution in [3.05, 3.63) is 59.4 Å². The van der Waals surface area contributed by atoms with Crippen LogP contribution in [0, 0.1) is 5.92 Å². The third-order valence-electron chi connectivity index (χ3n) is 4.75. The predicted octanol–water partition coefficient (Wildman–Crippen LogP) is 4.39. The van der Waals surface area contributed by atoms with Crippen LogP contribution in [0.2, 0.25) is 5.15 Å². The molecule has 1 saturated carbocycles.